The van der Waals surface area contributed by atoms with Gasteiger partial charge in [-0.2, -0.15) is 13.2 Å². The van der Waals surface area contributed by atoms with Crippen LogP contribution < -0.4 is 5.32 Å². The van der Waals surface area contributed by atoms with Crippen LogP contribution in [-0.2, 0) is 6.18 Å². The first-order chi connectivity index (χ1) is 8.91. The van der Waals surface area contributed by atoms with E-state index in [0.717, 1.165) is 37.5 Å². The van der Waals surface area contributed by atoms with Crippen LogP contribution in [0.5, 0.6) is 0 Å². The second kappa shape index (κ2) is 5.49. The normalized spacial score (nSPS) is 18.2. The van der Waals surface area contributed by atoms with E-state index in [1.54, 1.807) is 7.05 Å². The Morgan fingerprint density at radius 1 is 1.32 bits per heavy atom. The minimum Gasteiger partial charge on any atom is -0.313 e. The molecule has 0 aromatic heterocycles. The van der Waals surface area contributed by atoms with Crippen molar-refractivity contribution in [3.8, 4) is 0 Å². The van der Waals surface area contributed by atoms with Crippen molar-refractivity contribution >= 4 is 0 Å². The summed E-state index contributed by atoms with van der Waals surface area (Å²) in [6.45, 7) is 0. The van der Waals surface area contributed by atoms with Crippen LogP contribution >= 0.6 is 0 Å². The van der Waals surface area contributed by atoms with Gasteiger partial charge in [-0.25, -0.2) is 4.39 Å². The van der Waals surface area contributed by atoms with E-state index in [1.165, 1.54) is 0 Å². The zero-order chi connectivity index (χ0) is 14.0. The Bertz CT molecular complexity index is 438. The highest BCUT2D eigenvalue weighted by Crippen LogP contribution is 2.37. The summed E-state index contributed by atoms with van der Waals surface area (Å²) in [6.07, 6.45) is -0.421. The van der Waals surface area contributed by atoms with Gasteiger partial charge in [0.05, 0.1) is 5.56 Å². The molecule has 1 N–H and O–H groups in total. The SMILES string of the molecule is CNC(CC1CCC1)c1cc(C(F)(F)F)ccc1F. The molecule has 1 saturated carbocycles. The summed E-state index contributed by atoms with van der Waals surface area (Å²) in [4.78, 5) is 0. The van der Waals surface area contributed by atoms with Crippen LogP contribution in [0.25, 0.3) is 0 Å². The Hall–Kier alpha value is -1.10. The molecule has 1 aliphatic carbocycles. The molecule has 0 radical (unpaired) electrons. The van der Waals surface area contributed by atoms with E-state index in [2.05, 4.69) is 5.32 Å². The summed E-state index contributed by atoms with van der Waals surface area (Å²) in [5, 5.41) is 2.93. The lowest BCUT2D eigenvalue weighted by Gasteiger charge is -2.30. The number of halogens is 4. The second-order valence-electron chi connectivity index (χ2n) is 5.11. The topological polar surface area (TPSA) is 12.0 Å². The molecule has 1 atom stereocenters. The van der Waals surface area contributed by atoms with E-state index in [9.17, 15) is 17.6 Å². The summed E-state index contributed by atoms with van der Waals surface area (Å²) >= 11 is 0. The summed E-state index contributed by atoms with van der Waals surface area (Å²) in [7, 11) is 1.66. The van der Waals surface area contributed by atoms with Crippen LogP contribution in [0.4, 0.5) is 17.6 Å². The maximum absolute atomic E-state index is 13.8. The molecule has 106 valence electrons. The largest absolute Gasteiger partial charge is 0.416 e. The molecule has 0 saturated heterocycles. The molecule has 0 heterocycles. The Balaban J connectivity index is 2.24. The average Bonchev–Trinajstić information content (AvgIpc) is 2.28. The fraction of sp³-hybridized carbons (Fsp3) is 0.571. The van der Waals surface area contributed by atoms with Crippen molar-refractivity contribution in [2.75, 3.05) is 7.05 Å². The predicted molar refractivity (Wildman–Crippen MR) is 65.2 cm³/mol. The molecule has 1 aromatic rings. The van der Waals surface area contributed by atoms with Crippen LogP contribution in [0.3, 0.4) is 0 Å². The van der Waals surface area contributed by atoms with Gasteiger partial charge in [-0.3, -0.25) is 0 Å². The van der Waals surface area contributed by atoms with Gasteiger partial charge in [-0.15, -0.1) is 0 Å². The van der Waals surface area contributed by atoms with Crippen molar-refractivity contribution in [2.24, 2.45) is 5.92 Å². The summed E-state index contributed by atoms with van der Waals surface area (Å²) in [5.74, 6) is -0.0851. The molecule has 0 amide bonds. The van der Waals surface area contributed by atoms with Gasteiger partial charge in [0.1, 0.15) is 5.82 Å². The third kappa shape index (κ3) is 3.26. The molecular formula is C14H17F4N. The highest BCUT2D eigenvalue weighted by atomic mass is 19.4. The van der Waals surface area contributed by atoms with Crippen LogP contribution in [0.2, 0.25) is 0 Å². The van der Waals surface area contributed by atoms with Crippen molar-refractivity contribution in [3.63, 3.8) is 0 Å². The van der Waals surface area contributed by atoms with Crippen molar-refractivity contribution in [1.82, 2.24) is 5.32 Å². The second-order valence-corrected chi connectivity index (χ2v) is 5.11. The third-order valence-electron chi connectivity index (χ3n) is 3.84. The number of hydrogen-bond acceptors (Lipinski definition) is 1. The van der Waals surface area contributed by atoms with Gasteiger partial charge in [0, 0.05) is 11.6 Å². The first kappa shape index (κ1) is 14.3. The van der Waals surface area contributed by atoms with Gasteiger partial charge < -0.3 is 5.32 Å². The van der Waals surface area contributed by atoms with E-state index in [4.69, 9.17) is 0 Å². The third-order valence-corrected chi connectivity index (χ3v) is 3.84. The van der Waals surface area contributed by atoms with E-state index in [-0.39, 0.29) is 11.6 Å². The standard InChI is InChI=1S/C14H17F4N/c1-19-13(7-9-3-2-4-9)11-8-10(14(16,17)18)5-6-12(11)15/h5-6,8-9,13,19H,2-4,7H2,1H3. The molecule has 0 aliphatic heterocycles. The Labute approximate surface area is 110 Å². The molecule has 5 heteroatoms. The van der Waals surface area contributed by atoms with Gasteiger partial charge in [-0.05, 0) is 37.6 Å². The maximum atomic E-state index is 13.8. The van der Waals surface area contributed by atoms with Gasteiger partial charge in [0.15, 0.2) is 0 Å². The van der Waals surface area contributed by atoms with Gasteiger partial charge in [0.25, 0.3) is 0 Å². The summed E-state index contributed by atoms with van der Waals surface area (Å²) < 4.78 is 51.8. The zero-order valence-corrected chi connectivity index (χ0v) is 10.7. The van der Waals surface area contributed by atoms with Gasteiger partial charge >= 0.3 is 6.18 Å². The highest BCUT2D eigenvalue weighted by molar-refractivity contribution is 5.29. The van der Waals surface area contributed by atoms with Crippen molar-refractivity contribution in [1.29, 1.82) is 0 Å². The Kier molecular flexibility index (Phi) is 4.13. The molecule has 1 aromatic carbocycles. The average molecular weight is 275 g/mol. The van der Waals surface area contributed by atoms with Crippen molar-refractivity contribution < 1.29 is 17.6 Å². The quantitative estimate of drug-likeness (QED) is 0.808. The molecule has 1 aliphatic rings. The molecule has 2 rings (SSSR count). The molecular weight excluding hydrogens is 258 g/mol. The van der Waals surface area contributed by atoms with Gasteiger partial charge in [-0.1, -0.05) is 19.3 Å². The molecule has 0 bridgehead atoms. The van der Waals surface area contributed by atoms with Crippen LogP contribution in [0.1, 0.15) is 42.9 Å². The highest BCUT2D eigenvalue weighted by Gasteiger charge is 2.32. The lowest BCUT2D eigenvalue weighted by molar-refractivity contribution is -0.137. The molecule has 1 unspecified atom stereocenters. The Morgan fingerprint density at radius 2 is 2.00 bits per heavy atom. The first-order valence-electron chi connectivity index (χ1n) is 6.45. The minimum absolute atomic E-state index is 0.115. The van der Waals surface area contributed by atoms with E-state index >= 15 is 0 Å². The van der Waals surface area contributed by atoms with E-state index in [1.807, 2.05) is 0 Å². The smallest absolute Gasteiger partial charge is 0.313 e. The lowest BCUT2D eigenvalue weighted by Crippen LogP contribution is -2.24. The number of benzene rings is 1. The first-order valence-corrected chi connectivity index (χ1v) is 6.45. The van der Waals surface area contributed by atoms with Crippen LogP contribution in [0.15, 0.2) is 18.2 Å². The van der Waals surface area contributed by atoms with Crippen molar-refractivity contribution in [2.45, 2.75) is 37.9 Å². The number of hydrogen-bond donors (Lipinski definition) is 1. The Morgan fingerprint density at radius 3 is 2.47 bits per heavy atom. The van der Waals surface area contributed by atoms with Crippen molar-refractivity contribution in [3.05, 3.63) is 35.1 Å². The summed E-state index contributed by atoms with van der Waals surface area (Å²) in [5.41, 5.74) is -0.679. The minimum atomic E-state index is -4.43. The molecule has 1 fully saturated rings. The van der Waals surface area contributed by atoms with Gasteiger partial charge in [0.2, 0.25) is 0 Å². The molecule has 1 nitrogen and oxygen atoms in total. The fourth-order valence-electron chi connectivity index (χ4n) is 2.45. The van der Waals surface area contributed by atoms with Crippen LogP contribution in [-0.4, -0.2) is 7.05 Å². The number of alkyl halides is 3. The van der Waals surface area contributed by atoms with E-state index in [0.29, 0.717) is 12.3 Å². The van der Waals surface area contributed by atoms with Crippen LogP contribution in [0, 0.1) is 11.7 Å². The fourth-order valence-corrected chi connectivity index (χ4v) is 2.45. The maximum Gasteiger partial charge on any atom is 0.416 e. The predicted octanol–water partition coefficient (Wildman–Crippen LogP) is 4.30. The zero-order valence-electron chi connectivity index (χ0n) is 10.7. The summed E-state index contributed by atoms with van der Waals surface area (Å²) in [6, 6.07) is 2.26. The van der Waals surface area contributed by atoms with E-state index < -0.39 is 17.6 Å². The molecule has 0 spiro atoms. The number of nitrogens with one attached hydrogen (secondary N) is 1. The lowest BCUT2D eigenvalue weighted by atomic mass is 9.79. The number of rotatable bonds is 4. The molecule has 19 heavy (non-hydrogen) atoms. The monoisotopic (exact) mass is 275 g/mol.